The number of fused-ring (bicyclic) bond motifs is 3. The molecule has 0 saturated carbocycles. The van der Waals surface area contributed by atoms with Gasteiger partial charge in [0.1, 0.15) is 11.1 Å². The molecule has 11 nitrogen and oxygen atoms in total. The lowest BCUT2D eigenvalue weighted by Crippen LogP contribution is -2.54. The zero-order valence-electron chi connectivity index (χ0n) is 28.8. The smallest absolute Gasteiger partial charge is 0.245 e. The SMILES string of the molecule is CCN1CC(=O)NCc2c(Cl)ccc(Cl)c2Sc2nccc(Cc3c[nH]c4ccccc34)c2CN[C@@H](CCCN)C(=O)N[C@@H](CCCCN)C1=O. The van der Waals surface area contributed by atoms with Gasteiger partial charge in [0.15, 0.2) is 0 Å². The van der Waals surface area contributed by atoms with Crippen molar-refractivity contribution in [3.05, 3.63) is 87.2 Å². The Hall–Kier alpha value is -3.65. The Morgan fingerprint density at radius 1 is 0.902 bits per heavy atom. The first-order valence-corrected chi connectivity index (χ1v) is 19.0. The van der Waals surface area contributed by atoms with Gasteiger partial charge in [0.25, 0.3) is 0 Å². The molecule has 0 unspecified atom stereocenters. The van der Waals surface area contributed by atoms with Gasteiger partial charge in [-0.05, 0) is 87.5 Å². The number of aromatic amines is 1. The highest BCUT2D eigenvalue weighted by Gasteiger charge is 2.30. The van der Waals surface area contributed by atoms with Gasteiger partial charge in [-0.3, -0.25) is 14.4 Å². The molecule has 0 saturated heterocycles. The average molecular weight is 754 g/mol. The van der Waals surface area contributed by atoms with Crippen molar-refractivity contribution < 1.29 is 14.4 Å². The van der Waals surface area contributed by atoms with Crippen LogP contribution in [0.3, 0.4) is 0 Å². The Kier molecular flexibility index (Phi) is 14.2. The number of carbonyl (C=O) groups is 3. The minimum absolute atomic E-state index is 0.0900. The van der Waals surface area contributed by atoms with Crippen molar-refractivity contribution in [3.8, 4) is 0 Å². The summed E-state index contributed by atoms with van der Waals surface area (Å²) in [6, 6.07) is 12.1. The van der Waals surface area contributed by atoms with Gasteiger partial charge in [-0.15, -0.1) is 0 Å². The van der Waals surface area contributed by atoms with Crippen LogP contribution in [-0.4, -0.2) is 70.9 Å². The van der Waals surface area contributed by atoms with Crippen LogP contribution in [0.25, 0.3) is 10.9 Å². The number of carbonyl (C=O) groups excluding carboxylic acids is 3. The van der Waals surface area contributed by atoms with Crippen molar-refractivity contribution >= 4 is 63.6 Å². The Balaban J connectivity index is 1.59. The zero-order chi connectivity index (χ0) is 36.3. The number of nitrogens with zero attached hydrogens (tertiary/aromatic N) is 2. The minimum Gasteiger partial charge on any atom is -0.361 e. The third-order valence-corrected chi connectivity index (χ3v) is 11.1. The summed E-state index contributed by atoms with van der Waals surface area (Å²) in [6.45, 7) is 3.16. The van der Waals surface area contributed by atoms with Crippen molar-refractivity contribution in [1.82, 2.24) is 30.8 Å². The maximum absolute atomic E-state index is 14.0. The largest absolute Gasteiger partial charge is 0.361 e. The molecule has 0 radical (unpaired) electrons. The van der Waals surface area contributed by atoms with Crippen molar-refractivity contribution in [3.63, 3.8) is 0 Å². The monoisotopic (exact) mass is 752 g/mol. The number of nitrogens with two attached hydrogens (primary N) is 2. The van der Waals surface area contributed by atoms with Crippen molar-refractivity contribution in [2.45, 2.75) is 80.5 Å². The van der Waals surface area contributed by atoms with Gasteiger partial charge in [-0.25, -0.2) is 4.98 Å². The number of unbranched alkanes of at least 4 members (excludes halogenated alkanes) is 1. The summed E-state index contributed by atoms with van der Waals surface area (Å²) in [5, 5.41) is 12.2. The topological polar surface area (TPSA) is 171 Å². The number of rotatable bonds is 10. The number of pyridine rings is 1. The number of hydrogen-bond acceptors (Lipinski definition) is 8. The summed E-state index contributed by atoms with van der Waals surface area (Å²) in [5.74, 6) is -1.00. The van der Waals surface area contributed by atoms with Crippen LogP contribution in [0.5, 0.6) is 0 Å². The molecular formula is C37H46Cl2N8O3S. The number of hydrogen-bond donors (Lipinski definition) is 6. The van der Waals surface area contributed by atoms with E-state index in [9.17, 15) is 14.4 Å². The zero-order valence-corrected chi connectivity index (χ0v) is 31.1. The van der Waals surface area contributed by atoms with Crippen LogP contribution < -0.4 is 27.4 Å². The number of benzene rings is 2. The van der Waals surface area contributed by atoms with Crippen LogP contribution in [0, 0.1) is 0 Å². The van der Waals surface area contributed by atoms with E-state index >= 15 is 0 Å². The molecule has 2 aromatic heterocycles. The first kappa shape index (κ1) is 38.6. The van der Waals surface area contributed by atoms with Gasteiger partial charge in [0, 0.05) is 70.4 Å². The van der Waals surface area contributed by atoms with Crippen LogP contribution in [0.1, 0.15) is 61.3 Å². The lowest BCUT2D eigenvalue weighted by molar-refractivity contribution is -0.139. The molecule has 0 bridgehead atoms. The predicted octanol–water partition coefficient (Wildman–Crippen LogP) is 4.90. The molecule has 272 valence electrons. The quantitative estimate of drug-likeness (QED) is 0.124. The molecule has 51 heavy (non-hydrogen) atoms. The number of likely N-dealkylation sites (N-methyl/N-ethyl adjacent to an activating group) is 1. The fourth-order valence-electron chi connectivity index (χ4n) is 6.26. The Bertz CT molecular complexity index is 1840. The third-order valence-electron chi connectivity index (χ3n) is 9.11. The molecular weight excluding hydrogens is 707 g/mol. The molecule has 8 N–H and O–H groups in total. The number of aromatic nitrogens is 2. The first-order valence-electron chi connectivity index (χ1n) is 17.4. The third kappa shape index (κ3) is 9.82. The van der Waals surface area contributed by atoms with Crippen molar-refractivity contribution in [2.75, 3.05) is 26.2 Å². The number of nitrogens with one attached hydrogen (secondary N) is 4. The van der Waals surface area contributed by atoms with E-state index < -0.39 is 12.1 Å². The summed E-state index contributed by atoms with van der Waals surface area (Å²) in [6.07, 6.45) is 7.17. The molecule has 3 heterocycles. The van der Waals surface area contributed by atoms with E-state index in [1.807, 2.05) is 30.5 Å². The highest BCUT2D eigenvalue weighted by Crippen LogP contribution is 2.40. The molecule has 1 aliphatic heterocycles. The van der Waals surface area contributed by atoms with Crippen LogP contribution in [-0.2, 0) is 33.9 Å². The van der Waals surface area contributed by atoms with Gasteiger partial charge in [0.05, 0.1) is 17.6 Å². The maximum Gasteiger partial charge on any atom is 0.245 e. The van der Waals surface area contributed by atoms with E-state index in [1.54, 1.807) is 25.3 Å². The Labute approximate surface area is 313 Å². The molecule has 0 spiro atoms. The molecule has 3 amide bonds. The van der Waals surface area contributed by atoms with E-state index in [-0.39, 0.29) is 37.4 Å². The highest BCUT2D eigenvalue weighted by atomic mass is 35.5. The molecule has 14 heteroatoms. The second-order valence-electron chi connectivity index (χ2n) is 12.6. The van der Waals surface area contributed by atoms with Crippen LogP contribution >= 0.6 is 35.0 Å². The normalized spacial score (nSPS) is 17.8. The van der Waals surface area contributed by atoms with E-state index in [4.69, 9.17) is 39.7 Å². The van der Waals surface area contributed by atoms with Crippen molar-refractivity contribution in [2.24, 2.45) is 11.5 Å². The molecule has 0 aliphatic carbocycles. The molecule has 2 aromatic carbocycles. The lowest BCUT2D eigenvalue weighted by atomic mass is 10.0. The number of H-pyrrole nitrogens is 1. The van der Waals surface area contributed by atoms with Gasteiger partial charge < -0.3 is 37.3 Å². The number of para-hydroxylation sites is 1. The van der Waals surface area contributed by atoms with Crippen molar-refractivity contribution in [1.29, 1.82) is 0 Å². The fraction of sp³-hybridized carbons (Fsp3) is 0.405. The molecule has 5 rings (SSSR count). The highest BCUT2D eigenvalue weighted by molar-refractivity contribution is 7.99. The molecule has 1 aliphatic rings. The number of amides is 3. The minimum atomic E-state index is -0.828. The molecule has 0 fully saturated rings. The molecule has 2 atom stereocenters. The van der Waals surface area contributed by atoms with Gasteiger partial charge >= 0.3 is 0 Å². The maximum atomic E-state index is 14.0. The van der Waals surface area contributed by atoms with Crippen LogP contribution in [0.15, 0.2) is 64.8 Å². The van der Waals surface area contributed by atoms with Gasteiger partial charge in [0.2, 0.25) is 17.7 Å². The first-order chi connectivity index (χ1) is 24.7. The second kappa shape index (κ2) is 18.7. The lowest BCUT2D eigenvalue weighted by Gasteiger charge is -2.28. The fourth-order valence-corrected chi connectivity index (χ4v) is 7.94. The van der Waals surface area contributed by atoms with E-state index in [2.05, 4.69) is 27.0 Å². The summed E-state index contributed by atoms with van der Waals surface area (Å²) in [5.41, 5.74) is 16.4. The molecule has 4 aromatic rings. The number of halogens is 2. The Morgan fingerprint density at radius 2 is 1.67 bits per heavy atom. The standard InChI is InChI=1S/C37H46Cl2N8O3S/c1-2-47-22-33(48)45-21-27-28(38)12-13-29(39)34(27)51-36-26(23(14-17-42-36)18-24-19-43-30-9-4-3-8-25(24)30)20-44-31(11-7-16-41)35(49)46-32(37(47)50)10-5-6-15-40/h3-4,8-9,12-14,17,19,31-32,43-44H,2,5-7,10-11,15-16,18,20-22,40-41H2,1H3,(H,45,48)(H,46,49)/t31-,32-/m0/s1. The van der Waals surface area contributed by atoms with Crippen LogP contribution in [0.2, 0.25) is 10.0 Å². The van der Waals surface area contributed by atoms with E-state index in [0.29, 0.717) is 83.7 Å². The summed E-state index contributed by atoms with van der Waals surface area (Å²) in [7, 11) is 0. The summed E-state index contributed by atoms with van der Waals surface area (Å²) < 4.78 is 0. The summed E-state index contributed by atoms with van der Waals surface area (Å²) >= 11 is 14.9. The van der Waals surface area contributed by atoms with Gasteiger partial charge in [-0.1, -0.05) is 53.2 Å². The predicted molar refractivity (Wildman–Crippen MR) is 204 cm³/mol. The van der Waals surface area contributed by atoms with E-state index in [0.717, 1.165) is 27.6 Å². The van der Waals surface area contributed by atoms with Crippen LogP contribution in [0.4, 0.5) is 0 Å². The summed E-state index contributed by atoms with van der Waals surface area (Å²) in [4.78, 5) is 51.5. The van der Waals surface area contributed by atoms with E-state index in [1.165, 1.54) is 16.7 Å². The Morgan fingerprint density at radius 3 is 2.45 bits per heavy atom. The van der Waals surface area contributed by atoms with Gasteiger partial charge in [-0.2, -0.15) is 0 Å². The second-order valence-corrected chi connectivity index (χ2v) is 14.4. The average Bonchev–Trinajstić information content (AvgIpc) is 3.54.